The fraction of sp³-hybridized carbons (Fsp3) is 0.318. The van der Waals surface area contributed by atoms with Gasteiger partial charge in [0.15, 0.2) is 5.16 Å². The molecule has 6 heteroatoms. The van der Waals surface area contributed by atoms with Crippen molar-refractivity contribution in [3.8, 4) is 0 Å². The fourth-order valence-electron chi connectivity index (χ4n) is 2.98. The van der Waals surface area contributed by atoms with Crippen molar-refractivity contribution >= 4 is 23.4 Å². The van der Waals surface area contributed by atoms with Crippen molar-refractivity contribution in [3.05, 3.63) is 71.5 Å². The van der Waals surface area contributed by atoms with E-state index in [1.165, 1.54) is 17.3 Å². The molecule has 0 bridgehead atoms. The third-order valence-electron chi connectivity index (χ3n) is 4.43. The Hall–Kier alpha value is -2.60. The summed E-state index contributed by atoms with van der Waals surface area (Å²) in [6.07, 6.45) is 0. The smallest absolute Gasteiger partial charge is 0.234 e. The van der Waals surface area contributed by atoms with Gasteiger partial charge in [-0.2, -0.15) is 0 Å². The maximum Gasteiger partial charge on any atom is 0.234 e. The van der Waals surface area contributed by atoms with E-state index in [9.17, 15) is 4.79 Å². The van der Waals surface area contributed by atoms with E-state index < -0.39 is 0 Å². The van der Waals surface area contributed by atoms with E-state index in [1.54, 1.807) is 0 Å². The number of thioether (sulfide) groups is 1. The van der Waals surface area contributed by atoms with Crippen LogP contribution in [0.3, 0.4) is 0 Å². The molecule has 3 rings (SSSR count). The number of hydrogen-bond donors (Lipinski definition) is 1. The summed E-state index contributed by atoms with van der Waals surface area (Å²) in [4.78, 5) is 12.6. The Bertz CT molecular complexity index is 945. The molecule has 0 fully saturated rings. The molecule has 0 saturated heterocycles. The molecule has 3 aromatic rings. The Morgan fingerprint density at radius 2 is 1.71 bits per heavy atom. The maximum absolute atomic E-state index is 12.6. The molecule has 5 nitrogen and oxygen atoms in total. The van der Waals surface area contributed by atoms with Crippen molar-refractivity contribution in [3.63, 3.8) is 0 Å². The zero-order valence-corrected chi connectivity index (χ0v) is 17.6. The van der Waals surface area contributed by atoms with Gasteiger partial charge in [-0.15, -0.1) is 10.2 Å². The van der Waals surface area contributed by atoms with Gasteiger partial charge >= 0.3 is 0 Å². The molecule has 1 aromatic heterocycles. The molecule has 146 valence electrons. The van der Waals surface area contributed by atoms with E-state index in [0.29, 0.717) is 6.54 Å². The lowest BCUT2D eigenvalue weighted by Gasteiger charge is -2.23. The Balaban J connectivity index is 1.66. The van der Waals surface area contributed by atoms with Crippen LogP contribution in [0.5, 0.6) is 0 Å². The maximum atomic E-state index is 12.6. The molecule has 1 amide bonds. The highest BCUT2D eigenvalue weighted by Crippen LogP contribution is 2.29. The molecule has 0 aliphatic rings. The lowest BCUT2D eigenvalue weighted by molar-refractivity contribution is -0.113. The van der Waals surface area contributed by atoms with Crippen LogP contribution >= 0.6 is 11.8 Å². The number of amides is 1. The quantitative estimate of drug-likeness (QED) is 0.618. The first kappa shape index (κ1) is 20.1. The van der Waals surface area contributed by atoms with Crippen LogP contribution in [0.25, 0.3) is 0 Å². The Kier molecular flexibility index (Phi) is 6.19. The number of para-hydroxylation sites is 1. The average Bonchev–Trinajstić information content (AvgIpc) is 3.00. The lowest BCUT2D eigenvalue weighted by atomic mass is 9.86. The van der Waals surface area contributed by atoms with E-state index in [4.69, 9.17) is 0 Å². The van der Waals surface area contributed by atoms with Crippen LogP contribution in [-0.2, 0) is 16.8 Å². The van der Waals surface area contributed by atoms with Crippen LogP contribution in [0.15, 0.2) is 59.8 Å². The number of carbonyl (C=O) groups is 1. The van der Waals surface area contributed by atoms with E-state index in [0.717, 1.165) is 22.2 Å². The third kappa shape index (κ3) is 5.01. The molecule has 0 spiro atoms. The number of rotatable bonds is 6. The van der Waals surface area contributed by atoms with Crippen molar-refractivity contribution < 1.29 is 4.79 Å². The molecule has 1 heterocycles. The summed E-state index contributed by atoms with van der Waals surface area (Å²) in [6.45, 7) is 9.04. The highest BCUT2D eigenvalue weighted by Gasteiger charge is 2.19. The molecular weight excluding hydrogens is 368 g/mol. The molecule has 1 N–H and O–H groups in total. The third-order valence-corrected chi connectivity index (χ3v) is 5.39. The second kappa shape index (κ2) is 8.61. The summed E-state index contributed by atoms with van der Waals surface area (Å²) in [5.74, 6) is 1.07. The average molecular weight is 395 g/mol. The van der Waals surface area contributed by atoms with E-state index in [1.807, 2.05) is 47.9 Å². The van der Waals surface area contributed by atoms with Crippen molar-refractivity contribution in [2.24, 2.45) is 0 Å². The van der Waals surface area contributed by atoms with Gasteiger partial charge in [-0.25, -0.2) is 0 Å². The van der Waals surface area contributed by atoms with E-state index in [-0.39, 0.29) is 17.1 Å². The van der Waals surface area contributed by atoms with Crippen molar-refractivity contribution in [2.75, 3.05) is 11.1 Å². The van der Waals surface area contributed by atoms with Gasteiger partial charge < -0.3 is 9.88 Å². The van der Waals surface area contributed by atoms with Crippen LogP contribution < -0.4 is 5.32 Å². The molecule has 0 aliphatic carbocycles. The summed E-state index contributed by atoms with van der Waals surface area (Å²) in [5, 5.41) is 12.2. The SMILES string of the molecule is Cc1nnc(SCC(=O)Nc2ccccc2C(C)(C)C)n1Cc1ccccc1. The lowest BCUT2D eigenvalue weighted by Crippen LogP contribution is -2.20. The Labute approximate surface area is 170 Å². The van der Waals surface area contributed by atoms with Crippen LogP contribution in [0.2, 0.25) is 0 Å². The van der Waals surface area contributed by atoms with Gasteiger partial charge in [0, 0.05) is 5.69 Å². The second-order valence-electron chi connectivity index (χ2n) is 7.73. The normalized spacial score (nSPS) is 11.4. The summed E-state index contributed by atoms with van der Waals surface area (Å²) < 4.78 is 2.04. The summed E-state index contributed by atoms with van der Waals surface area (Å²) in [6, 6.07) is 18.1. The fourth-order valence-corrected chi connectivity index (χ4v) is 3.76. The predicted molar refractivity (Wildman–Crippen MR) is 115 cm³/mol. The number of aromatic nitrogens is 3. The van der Waals surface area contributed by atoms with Crippen LogP contribution in [0.1, 0.15) is 37.7 Å². The number of nitrogens with zero attached hydrogens (tertiary/aromatic N) is 3. The largest absolute Gasteiger partial charge is 0.325 e. The molecule has 0 atom stereocenters. The minimum absolute atomic E-state index is 0.0377. The number of hydrogen-bond acceptors (Lipinski definition) is 4. The highest BCUT2D eigenvalue weighted by atomic mass is 32.2. The Morgan fingerprint density at radius 1 is 1.04 bits per heavy atom. The highest BCUT2D eigenvalue weighted by molar-refractivity contribution is 7.99. The molecule has 0 radical (unpaired) electrons. The second-order valence-corrected chi connectivity index (χ2v) is 8.68. The number of carbonyl (C=O) groups excluding carboxylic acids is 1. The topological polar surface area (TPSA) is 59.8 Å². The first-order valence-corrected chi connectivity index (χ1v) is 10.3. The number of benzene rings is 2. The number of nitrogens with one attached hydrogen (secondary N) is 1. The summed E-state index contributed by atoms with van der Waals surface area (Å²) in [7, 11) is 0. The van der Waals surface area contributed by atoms with E-state index in [2.05, 4.69) is 54.5 Å². The first-order valence-electron chi connectivity index (χ1n) is 9.30. The van der Waals surface area contributed by atoms with Gasteiger partial charge in [0.05, 0.1) is 12.3 Å². The molecule has 0 unspecified atom stereocenters. The van der Waals surface area contributed by atoms with Gasteiger partial charge in [-0.05, 0) is 29.5 Å². The Morgan fingerprint density at radius 3 is 2.43 bits per heavy atom. The number of aryl methyl sites for hydroxylation is 1. The zero-order chi connectivity index (χ0) is 20.1. The predicted octanol–water partition coefficient (Wildman–Crippen LogP) is 4.66. The molecule has 2 aromatic carbocycles. The minimum Gasteiger partial charge on any atom is -0.325 e. The van der Waals surface area contributed by atoms with Gasteiger partial charge in [0.2, 0.25) is 5.91 Å². The van der Waals surface area contributed by atoms with Gasteiger partial charge in [0.25, 0.3) is 0 Å². The molecule has 0 aliphatic heterocycles. The number of anilines is 1. The van der Waals surface area contributed by atoms with Crippen LogP contribution in [0.4, 0.5) is 5.69 Å². The van der Waals surface area contributed by atoms with Gasteiger partial charge in [-0.3, -0.25) is 4.79 Å². The van der Waals surface area contributed by atoms with Gasteiger partial charge in [-0.1, -0.05) is 81.1 Å². The summed E-state index contributed by atoms with van der Waals surface area (Å²) in [5.41, 5.74) is 3.12. The zero-order valence-electron chi connectivity index (χ0n) is 16.8. The molecule has 0 saturated carbocycles. The standard InChI is InChI=1S/C22H26N4OS/c1-16-24-25-21(26(16)14-17-10-6-5-7-11-17)28-15-20(27)23-19-13-9-8-12-18(19)22(2,3)4/h5-13H,14-15H2,1-4H3,(H,23,27). The summed E-state index contributed by atoms with van der Waals surface area (Å²) >= 11 is 1.41. The van der Waals surface area contributed by atoms with E-state index >= 15 is 0 Å². The van der Waals surface area contributed by atoms with Crippen LogP contribution in [-0.4, -0.2) is 26.4 Å². The van der Waals surface area contributed by atoms with Crippen molar-refractivity contribution in [2.45, 2.75) is 44.8 Å². The molecular formula is C22H26N4OS. The van der Waals surface area contributed by atoms with Crippen molar-refractivity contribution in [1.82, 2.24) is 14.8 Å². The van der Waals surface area contributed by atoms with Crippen molar-refractivity contribution in [1.29, 1.82) is 0 Å². The van der Waals surface area contributed by atoms with Crippen LogP contribution in [0, 0.1) is 6.92 Å². The minimum atomic E-state index is -0.0476. The first-order chi connectivity index (χ1) is 13.3. The monoisotopic (exact) mass is 394 g/mol. The van der Waals surface area contributed by atoms with Gasteiger partial charge in [0.1, 0.15) is 5.82 Å². The molecule has 28 heavy (non-hydrogen) atoms.